The van der Waals surface area contributed by atoms with E-state index < -0.39 is 0 Å². The molecule has 2 aromatic carbocycles. The highest BCUT2D eigenvalue weighted by Crippen LogP contribution is 2.26. The molecule has 0 unspecified atom stereocenters. The summed E-state index contributed by atoms with van der Waals surface area (Å²) in [5.74, 6) is 0. The van der Waals surface area contributed by atoms with Gasteiger partial charge < -0.3 is 4.74 Å². The summed E-state index contributed by atoms with van der Waals surface area (Å²) in [6, 6.07) is 17.9. The predicted molar refractivity (Wildman–Crippen MR) is 83.4 cm³/mol. The number of aryl methyl sites for hydroxylation is 1. The van der Waals surface area contributed by atoms with Crippen LogP contribution < -0.4 is 4.90 Å². The number of carbonyl (C=O) groups excluding carboxylic acids is 1. The summed E-state index contributed by atoms with van der Waals surface area (Å²) in [7, 11) is 0. The van der Waals surface area contributed by atoms with Gasteiger partial charge in [0, 0.05) is 6.54 Å². The summed E-state index contributed by atoms with van der Waals surface area (Å²) < 4.78 is 5.47. The van der Waals surface area contributed by atoms with Crippen molar-refractivity contribution in [2.75, 3.05) is 11.4 Å². The lowest BCUT2D eigenvalue weighted by molar-refractivity contribution is 0.147. The van der Waals surface area contributed by atoms with Gasteiger partial charge in [-0.3, -0.25) is 4.90 Å². The number of benzene rings is 2. The van der Waals surface area contributed by atoms with Crippen molar-refractivity contribution in [3.63, 3.8) is 0 Å². The van der Waals surface area contributed by atoms with Crippen molar-refractivity contribution >= 4 is 11.8 Å². The number of ether oxygens (including phenoxy) is 1. The molecule has 0 radical (unpaired) electrons. The predicted octanol–water partition coefficient (Wildman–Crippen LogP) is 4.17. The van der Waals surface area contributed by atoms with Crippen LogP contribution in [-0.4, -0.2) is 12.6 Å². The highest BCUT2D eigenvalue weighted by molar-refractivity contribution is 5.88. The van der Waals surface area contributed by atoms with Crippen LogP contribution in [0.4, 0.5) is 10.5 Å². The molecule has 1 aliphatic rings. The second-order valence-corrected chi connectivity index (χ2v) is 5.28. The molecule has 0 aliphatic carbocycles. The van der Waals surface area contributed by atoms with E-state index in [1.165, 1.54) is 5.56 Å². The number of para-hydroxylation sites is 1. The number of rotatable bonds is 2. The molecule has 0 N–H and O–H groups in total. The number of hydrogen-bond acceptors (Lipinski definition) is 2. The third kappa shape index (κ3) is 3.24. The minimum atomic E-state index is -0.256. The van der Waals surface area contributed by atoms with Gasteiger partial charge in [-0.15, -0.1) is 0 Å². The number of carbonyl (C=O) groups is 1. The van der Waals surface area contributed by atoms with Crippen molar-refractivity contribution in [3.8, 4) is 0 Å². The number of fused-ring (bicyclic) bond motifs is 1. The fourth-order valence-electron chi connectivity index (χ4n) is 2.68. The molecule has 0 bridgehead atoms. The lowest BCUT2D eigenvalue weighted by Gasteiger charge is -2.22. The normalized spacial score (nSPS) is 14.2. The number of nitrogens with zero attached hydrogens (tertiary/aromatic N) is 1. The Morgan fingerprint density at radius 3 is 2.62 bits per heavy atom. The van der Waals surface area contributed by atoms with Crippen LogP contribution in [0, 0.1) is 0 Å². The fraction of sp³-hybridized carbons (Fsp3) is 0.278. The van der Waals surface area contributed by atoms with Crippen LogP contribution in [0.2, 0.25) is 0 Å². The van der Waals surface area contributed by atoms with Gasteiger partial charge in [0.25, 0.3) is 0 Å². The van der Waals surface area contributed by atoms with E-state index in [1.54, 1.807) is 4.90 Å². The molecule has 0 saturated carbocycles. The molecule has 3 nitrogen and oxygen atoms in total. The standard InChI is InChI=1S/C18H19NO2/c20-18(21-14-15-8-2-1-3-9-15)19-13-7-6-11-16-10-4-5-12-17(16)19/h1-5,8-10,12H,6-7,11,13-14H2. The monoisotopic (exact) mass is 281 g/mol. The molecule has 1 heterocycles. The maximum absolute atomic E-state index is 12.4. The van der Waals surface area contributed by atoms with Crippen molar-refractivity contribution in [1.29, 1.82) is 0 Å². The smallest absolute Gasteiger partial charge is 0.414 e. The van der Waals surface area contributed by atoms with E-state index in [0.717, 1.165) is 37.1 Å². The van der Waals surface area contributed by atoms with Gasteiger partial charge in [-0.25, -0.2) is 4.79 Å². The highest BCUT2D eigenvalue weighted by Gasteiger charge is 2.21. The first-order valence-electron chi connectivity index (χ1n) is 7.41. The van der Waals surface area contributed by atoms with Gasteiger partial charge in [0.2, 0.25) is 0 Å². The Bertz CT molecular complexity index is 610. The molecular weight excluding hydrogens is 262 g/mol. The van der Waals surface area contributed by atoms with E-state index >= 15 is 0 Å². The SMILES string of the molecule is O=C(OCc1ccccc1)N1CCCCc2ccccc21. The Morgan fingerprint density at radius 2 is 1.76 bits per heavy atom. The molecule has 1 aliphatic heterocycles. The Morgan fingerprint density at radius 1 is 1.00 bits per heavy atom. The molecule has 0 aromatic heterocycles. The minimum Gasteiger partial charge on any atom is -0.444 e. The topological polar surface area (TPSA) is 29.5 Å². The maximum atomic E-state index is 12.4. The van der Waals surface area contributed by atoms with Crippen LogP contribution in [0.5, 0.6) is 0 Å². The number of hydrogen-bond donors (Lipinski definition) is 0. The Balaban J connectivity index is 1.72. The van der Waals surface area contributed by atoms with Gasteiger partial charge in [0.1, 0.15) is 6.61 Å². The third-order valence-electron chi connectivity index (χ3n) is 3.79. The number of amides is 1. The molecule has 3 rings (SSSR count). The molecule has 108 valence electrons. The average Bonchev–Trinajstić information content (AvgIpc) is 2.76. The third-order valence-corrected chi connectivity index (χ3v) is 3.79. The molecule has 2 aromatic rings. The number of anilines is 1. The van der Waals surface area contributed by atoms with E-state index in [4.69, 9.17) is 4.74 Å². The van der Waals surface area contributed by atoms with E-state index in [0.29, 0.717) is 6.61 Å². The zero-order valence-electron chi connectivity index (χ0n) is 12.0. The summed E-state index contributed by atoms with van der Waals surface area (Å²) in [4.78, 5) is 14.2. The van der Waals surface area contributed by atoms with Gasteiger partial charge in [-0.05, 0) is 36.5 Å². The van der Waals surface area contributed by atoms with Gasteiger partial charge in [-0.2, -0.15) is 0 Å². The van der Waals surface area contributed by atoms with Gasteiger partial charge in [0.05, 0.1) is 5.69 Å². The molecule has 0 fully saturated rings. The van der Waals surface area contributed by atoms with Crippen LogP contribution in [0.15, 0.2) is 54.6 Å². The Hall–Kier alpha value is -2.29. The van der Waals surface area contributed by atoms with Crippen LogP contribution >= 0.6 is 0 Å². The van der Waals surface area contributed by atoms with E-state index in [2.05, 4.69) is 6.07 Å². The second kappa shape index (κ2) is 6.44. The lowest BCUT2D eigenvalue weighted by atomic mass is 10.1. The van der Waals surface area contributed by atoms with Crippen molar-refractivity contribution in [2.45, 2.75) is 25.9 Å². The molecular formula is C18H19NO2. The van der Waals surface area contributed by atoms with Gasteiger partial charge >= 0.3 is 6.09 Å². The first-order chi connectivity index (χ1) is 10.3. The first-order valence-corrected chi connectivity index (χ1v) is 7.41. The molecule has 21 heavy (non-hydrogen) atoms. The van der Waals surface area contributed by atoms with Crippen molar-refractivity contribution in [1.82, 2.24) is 0 Å². The molecule has 0 atom stereocenters. The lowest BCUT2D eigenvalue weighted by Crippen LogP contribution is -2.32. The molecule has 3 heteroatoms. The summed E-state index contributed by atoms with van der Waals surface area (Å²) in [6.45, 7) is 1.04. The largest absolute Gasteiger partial charge is 0.444 e. The van der Waals surface area contributed by atoms with Gasteiger partial charge in [-0.1, -0.05) is 48.5 Å². The summed E-state index contributed by atoms with van der Waals surface area (Å²) in [5.41, 5.74) is 3.23. The van der Waals surface area contributed by atoms with E-state index in [1.807, 2.05) is 48.5 Å². The van der Waals surface area contributed by atoms with Crippen LogP contribution in [0.3, 0.4) is 0 Å². The Kier molecular flexibility index (Phi) is 4.20. The molecule has 0 spiro atoms. The van der Waals surface area contributed by atoms with Crippen molar-refractivity contribution < 1.29 is 9.53 Å². The summed E-state index contributed by atoms with van der Waals surface area (Å²) >= 11 is 0. The fourth-order valence-corrected chi connectivity index (χ4v) is 2.68. The van der Waals surface area contributed by atoms with Crippen LogP contribution in [-0.2, 0) is 17.8 Å². The minimum absolute atomic E-state index is 0.256. The summed E-state index contributed by atoms with van der Waals surface area (Å²) in [6.07, 6.45) is 2.89. The van der Waals surface area contributed by atoms with Crippen LogP contribution in [0.25, 0.3) is 0 Å². The van der Waals surface area contributed by atoms with Crippen molar-refractivity contribution in [3.05, 3.63) is 65.7 Å². The van der Waals surface area contributed by atoms with E-state index in [9.17, 15) is 4.79 Å². The van der Waals surface area contributed by atoms with Gasteiger partial charge in [0.15, 0.2) is 0 Å². The second-order valence-electron chi connectivity index (χ2n) is 5.28. The highest BCUT2D eigenvalue weighted by atomic mass is 16.6. The molecule has 0 saturated heterocycles. The zero-order chi connectivity index (χ0) is 14.5. The first kappa shape index (κ1) is 13.7. The quantitative estimate of drug-likeness (QED) is 0.827. The van der Waals surface area contributed by atoms with E-state index in [-0.39, 0.29) is 6.09 Å². The average molecular weight is 281 g/mol. The summed E-state index contributed by atoms with van der Waals surface area (Å²) in [5, 5.41) is 0. The maximum Gasteiger partial charge on any atom is 0.414 e. The Labute approximate surface area is 125 Å². The van der Waals surface area contributed by atoms with Crippen molar-refractivity contribution in [2.24, 2.45) is 0 Å². The molecule has 1 amide bonds. The zero-order valence-corrected chi connectivity index (χ0v) is 12.0. The van der Waals surface area contributed by atoms with Crippen LogP contribution in [0.1, 0.15) is 24.0 Å².